The number of hydrogen-bond acceptors (Lipinski definition) is 3. The van der Waals surface area contributed by atoms with Crippen LogP contribution in [0, 0.1) is 5.92 Å². The molecule has 16 heavy (non-hydrogen) atoms. The molecule has 1 unspecified atom stereocenters. The van der Waals surface area contributed by atoms with Gasteiger partial charge in [-0.15, -0.1) is 0 Å². The maximum Gasteiger partial charge on any atom is 0.0468 e. The first kappa shape index (κ1) is 12.3. The number of rotatable bonds is 5. The second-order valence-corrected chi connectivity index (χ2v) is 5.40. The van der Waals surface area contributed by atoms with E-state index in [1.807, 2.05) is 0 Å². The first-order valence-corrected chi connectivity index (χ1v) is 6.84. The van der Waals surface area contributed by atoms with E-state index >= 15 is 0 Å². The lowest BCUT2D eigenvalue weighted by atomic mass is 9.96. The lowest BCUT2D eigenvalue weighted by Gasteiger charge is -2.26. The zero-order chi connectivity index (χ0) is 11.2. The molecule has 1 N–H and O–H groups in total. The Bertz CT molecular complexity index is 186. The number of ether oxygens (including phenoxy) is 1. The smallest absolute Gasteiger partial charge is 0.0468 e. The molecule has 0 aromatic rings. The summed E-state index contributed by atoms with van der Waals surface area (Å²) in [6.45, 7) is 5.67. The predicted octanol–water partition coefficient (Wildman–Crippen LogP) is 1.49. The lowest BCUT2D eigenvalue weighted by molar-refractivity contribution is 0.0608. The second kappa shape index (κ2) is 6.58. The molecule has 2 heterocycles. The Morgan fingerprint density at radius 3 is 2.75 bits per heavy atom. The van der Waals surface area contributed by atoms with Gasteiger partial charge in [-0.1, -0.05) is 0 Å². The van der Waals surface area contributed by atoms with Crippen molar-refractivity contribution in [2.45, 2.75) is 38.1 Å². The first-order chi connectivity index (χ1) is 7.84. The van der Waals surface area contributed by atoms with Crippen molar-refractivity contribution in [1.82, 2.24) is 10.2 Å². The number of nitrogens with zero attached hydrogens (tertiary/aromatic N) is 1. The Balaban J connectivity index is 1.57. The fourth-order valence-corrected chi connectivity index (χ4v) is 2.82. The third-order valence-corrected chi connectivity index (χ3v) is 3.95. The van der Waals surface area contributed by atoms with Gasteiger partial charge in [0.2, 0.25) is 0 Å². The van der Waals surface area contributed by atoms with Crippen molar-refractivity contribution in [3.63, 3.8) is 0 Å². The van der Waals surface area contributed by atoms with Gasteiger partial charge in [0.15, 0.2) is 0 Å². The fourth-order valence-electron chi connectivity index (χ4n) is 2.82. The van der Waals surface area contributed by atoms with Crippen LogP contribution in [-0.4, -0.2) is 50.8 Å². The van der Waals surface area contributed by atoms with Gasteiger partial charge in [0.25, 0.3) is 0 Å². The van der Waals surface area contributed by atoms with Crippen molar-refractivity contribution < 1.29 is 4.74 Å². The van der Waals surface area contributed by atoms with Gasteiger partial charge in [-0.25, -0.2) is 0 Å². The summed E-state index contributed by atoms with van der Waals surface area (Å²) in [6, 6.07) is 0.750. The molecule has 0 spiro atoms. The molecule has 0 aromatic carbocycles. The molecular weight excluding hydrogens is 200 g/mol. The normalized spacial score (nSPS) is 27.8. The van der Waals surface area contributed by atoms with E-state index in [2.05, 4.69) is 17.3 Å². The van der Waals surface area contributed by atoms with Crippen molar-refractivity contribution in [1.29, 1.82) is 0 Å². The minimum Gasteiger partial charge on any atom is -0.381 e. The van der Waals surface area contributed by atoms with E-state index in [4.69, 9.17) is 4.74 Å². The summed E-state index contributed by atoms with van der Waals surface area (Å²) in [4.78, 5) is 2.50. The zero-order valence-electron chi connectivity index (χ0n) is 10.6. The summed E-state index contributed by atoms with van der Waals surface area (Å²) in [5.41, 5.74) is 0. The van der Waals surface area contributed by atoms with Crippen molar-refractivity contribution in [3.05, 3.63) is 0 Å². The molecule has 0 radical (unpaired) electrons. The summed E-state index contributed by atoms with van der Waals surface area (Å²) in [6.07, 6.45) is 6.62. The third kappa shape index (κ3) is 4.04. The van der Waals surface area contributed by atoms with E-state index in [0.717, 1.165) is 25.2 Å². The molecule has 0 amide bonds. The van der Waals surface area contributed by atoms with E-state index < -0.39 is 0 Å². The van der Waals surface area contributed by atoms with Gasteiger partial charge < -0.3 is 15.0 Å². The maximum absolute atomic E-state index is 5.39. The van der Waals surface area contributed by atoms with Crippen LogP contribution in [0.3, 0.4) is 0 Å². The molecule has 2 fully saturated rings. The average molecular weight is 226 g/mol. The van der Waals surface area contributed by atoms with Crippen LogP contribution in [0.1, 0.15) is 32.1 Å². The Labute approximate surface area is 99.5 Å². The Hall–Kier alpha value is -0.120. The van der Waals surface area contributed by atoms with E-state index in [1.165, 1.54) is 51.7 Å². The average Bonchev–Trinajstić information content (AvgIpc) is 2.81. The summed E-state index contributed by atoms with van der Waals surface area (Å²) >= 11 is 0. The van der Waals surface area contributed by atoms with Gasteiger partial charge in [0.05, 0.1) is 0 Å². The molecule has 2 aliphatic heterocycles. The topological polar surface area (TPSA) is 24.5 Å². The summed E-state index contributed by atoms with van der Waals surface area (Å²) in [7, 11) is 2.26. The molecule has 0 bridgehead atoms. The van der Waals surface area contributed by atoms with E-state index in [9.17, 15) is 0 Å². The van der Waals surface area contributed by atoms with E-state index in [-0.39, 0.29) is 0 Å². The van der Waals surface area contributed by atoms with E-state index in [0.29, 0.717) is 0 Å². The molecule has 1 atom stereocenters. The maximum atomic E-state index is 5.39. The molecule has 2 saturated heterocycles. The minimum absolute atomic E-state index is 0.750. The Morgan fingerprint density at radius 2 is 2.06 bits per heavy atom. The summed E-state index contributed by atoms with van der Waals surface area (Å²) in [5.74, 6) is 0.910. The number of likely N-dealkylation sites (N-methyl/N-ethyl adjacent to an activating group) is 1. The van der Waals surface area contributed by atoms with Crippen LogP contribution < -0.4 is 5.32 Å². The highest BCUT2D eigenvalue weighted by Gasteiger charge is 2.17. The van der Waals surface area contributed by atoms with E-state index in [1.54, 1.807) is 0 Å². The summed E-state index contributed by atoms with van der Waals surface area (Å²) < 4.78 is 5.39. The van der Waals surface area contributed by atoms with Gasteiger partial charge in [-0.2, -0.15) is 0 Å². The van der Waals surface area contributed by atoms with Crippen LogP contribution in [0.15, 0.2) is 0 Å². The standard InChI is InChI=1S/C13H26N2O/c1-15(11-13-3-2-7-14-13)8-4-12-5-9-16-10-6-12/h12-14H,2-11H2,1H3. The van der Waals surface area contributed by atoms with Crippen LogP contribution in [0.4, 0.5) is 0 Å². The highest BCUT2D eigenvalue weighted by Crippen LogP contribution is 2.18. The van der Waals surface area contributed by atoms with Crippen molar-refractivity contribution >= 4 is 0 Å². The van der Waals surface area contributed by atoms with Crippen LogP contribution in [0.5, 0.6) is 0 Å². The highest BCUT2D eigenvalue weighted by atomic mass is 16.5. The van der Waals surface area contributed by atoms with Crippen LogP contribution in [0.25, 0.3) is 0 Å². The highest BCUT2D eigenvalue weighted by molar-refractivity contribution is 4.77. The summed E-state index contributed by atoms with van der Waals surface area (Å²) in [5, 5.41) is 3.56. The van der Waals surface area contributed by atoms with Crippen LogP contribution in [0.2, 0.25) is 0 Å². The lowest BCUT2D eigenvalue weighted by Crippen LogP contribution is -2.36. The van der Waals surface area contributed by atoms with Gasteiger partial charge in [-0.05, 0) is 58.2 Å². The fraction of sp³-hybridized carbons (Fsp3) is 1.00. The minimum atomic E-state index is 0.750. The van der Waals surface area contributed by atoms with Crippen molar-refractivity contribution in [2.75, 3.05) is 39.9 Å². The Morgan fingerprint density at radius 1 is 1.25 bits per heavy atom. The van der Waals surface area contributed by atoms with Gasteiger partial charge in [0, 0.05) is 25.8 Å². The monoisotopic (exact) mass is 226 g/mol. The third-order valence-electron chi connectivity index (χ3n) is 3.95. The van der Waals surface area contributed by atoms with Crippen molar-refractivity contribution in [2.24, 2.45) is 5.92 Å². The molecule has 94 valence electrons. The van der Waals surface area contributed by atoms with Crippen LogP contribution in [-0.2, 0) is 4.74 Å². The van der Waals surface area contributed by atoms with Gasteiger partial charge >= 0.3 is 0 Å². The molecular formula is C13H26N2O. The number of hydrogen-bond donors (Lipinski definition) is 1. The molecule has 0 saturated carbocycles. The first-order valence-electron chi connectivity index (χ1n) is 6.84. The molecule has 0 aliphatic carbocycles. The predicted molar refractivity (Wildman–Crippen MR) is 66.7 cm³/mol. The van der Waals surface area contributed by atoms with Gasteiger partial charge in [0.1, 0.15) is 0 Å². The SMILES string of the molecule is CN(CCC1CCOCC1)CC1CCCN1. The largest absolute Gasteiger partial charge is 0.381 e. The molecule has 0 aromatic heterocycles. The quantitative estimate of drug-likeness (QED) is 0.768. The van der Waals surface area contributed by atoms with Crippen LogP contribution >= 0.6 is 0 Å². The molecule has 3 nitrogen and oxygen atoms in total. The molecule has 2 rings (SSSR count). The molecule has 3 heteroatoms. The zero-order valence-corrected chi connectivity index (χ0v) is 10.6. The number of nitrogens with one attached hydrogen (secondary N) is 1. The second-order valence-electron chi connectivity index (χ2n) is 5.40. The Kier molecular flexibility index (Phi) is 5.07. The molecule has 2 aliphatic rings. The van der Waals surface area contributed by atoms with Gasteiger partial charge in [-0.3, -0.25) is 0 Å². The van der Waals surface area contributed by atoms with Crippen molar-refractivity contribution in [3.8, 4) is 0 Å².